The van der Waals surface area contributed by atoms with Crippen molar-refractivity contribution >= 4 is 45.5 Å². The minimum atomic E-state index is -0.450. The second-order valence-electron chi connectivity index (χ2n) is 5.57. The van der Waals surface area contributed by atoms with E-state index < -0.39 is 5.97 Å². The number of esters is 1. The fourth-order valence-corrected chi connectivity index (χ4v) is 3.48. The molecule has 2 rings (SSSR count). The number of carbonyl (C=O) groups is 1. The lowest BCUT2D eigenvalue weighted by Crippen LogP contribution is -2.08. The molecule has 0 atom stereocenters. The summed E-state index contributed by atoms with van der Waals surface area (Å²) >= 11 is 6.92. The molecule has 0 aliphatic heterocycles. The maximum atomic E-state index is 12.1. The Morgan fingerprint density at radius 3 is 2.50 bits per heavy atom. The van der Waals surface area contributed by atoms with Crippen molar-refractivity contribution in [2.75, 3.05) is 26.1 Å². The Balaban J connectivity index is 2.05. The van der Waals surface area contributed by atoms with E-state index in [-0.39, 0.29) is 0 Å². The van der Waals surface area contributed by atoms with Crippen molar-refractivity contribution in [3.05, 3.63) is 65.9 Å². The Hall–Kier alpha value is -2.51. The van der Waals surface area contributed by atoms with Gasteiger partial charge in [0.2, 0.25) is 0 Å². The van der Waals surface area contributed by atoms with Crippen LogP contribution in [0.3, 0.4) is 0 Å². The first kappa shape index (κ1) is 21.8. The molecule has 0 aliphatic rings. The molecule has 0 radical (unpaired) electrons. The van der Waals surface area contributed by atoms with E-state index in [1.807, 2.05) is 55.5 Å². The summed E-state index contributed by atoms with van der Waals surface area (Å²) in [5.74, 6) is 0.965. The fraction of sp³-hybridized carbons (Fsp3) is 0.238. The summed E-state index contributed by atoms with van der Waals surface area (Å²) < 4.78 is 16.0. The molecule has 7 heteroatoms. The van der Waals surface area contributed by atoms with Crippen LogP contribution in [0.25, 0.3) is 5.57 Å². The average Bonchev–Trinajstić information content (AvgIpc) is 2.72. The van der Waals surface area contributed by atoms with Gasteiger partial charge in [-0.2, -0.15) is 0 Å². The Labute approximate surface area is 175 Å². The second-order valence-corrected chi connectivity index (χ2v) is 7.23. The average molecular weight is 418 g/mol. The lowest BCUT2D eigenvalue weighted by molar-refractivity contribution is -0.133. The van der Waals surface area contributed by atoms with Gasteiger partial charge < -0.3 is 19.5 Å². The number of methoxy groups -OCH3 is 2. The SMILES string of the molecule is CCOc1ccc(NC(=S)SCc2ccccc2C(=COC)C(=O)OC)cc1. The molecule has 0 bridgehead atoms. The third kappa shape index (κ3) is 6.28. The zero-order valence-electron chi connectivity index (χ0n) is 16.1. The highest BCUT2D eigenvalue weighted by atomic mass is 32.2. The van der Waals surface area contributed by atoms with Gasteiger partial charge in [-0.05, 0) is 42.3 Å². The summed E-state index contributed by atoms with van der Waals surface area (Å²) in [7, 11) is 2.84. The molecule has 0 unspecified atom stereocenters. The second kappa shape index (κ2) is 11.4. The van der Waals surface area contributed by atoms with E-state index in [0.717, 1.165) is 22.6 Å². The molecule has 0 amide bonds. The molecule has 148 valence electrons. The van der Waals surface area contributed by atoms with Crippen LogP contribution < -0.4 is 10.1 Å². The number of carbonyl (C=O) groups excluding carboxylic acids is 1. The topological polar surface area (TPSA) is 56.8 Å². The Morgan fingerprint density at radius 2 is 1.86 bits per heavy atom. The minimum absolute atomic E-state index is 0.367. The Bertz CT molecular complexity index is 835. The molecule has 0 fully saturated rings. The summed E-state index contributed by atoms with van der Waals surface area (Å²) in [6.45, 7) is 2.58. The van der Waals surface area contributed by atoms with Gasteiger partial charge >= 0.3 is 5.97 Å². The molecule has 0 aromatic heterocycles. The van der Waals surface area contributed by atoms with Crippen molar-refractivity contribution in [1.82, 2.24) is 0 Å². The van der Waals surface area contributed by atoms with Crippen LogP contribution in [-0.2, 0) is 20.0 Å². The van der Waals surface area contributed by atoms with Gasteiger partial charge in [0.05, 0.1) is 27.1 Å². The van der Waals surface area contributed by atoms with Crippen molar-refractivity contribution in [2.24, 2.45) is 0 Å². The summed E-state index contributed by atoms with van der Waals surface area (Å²) in [4.78, 5) is 12.1. The number of anilines is 1. The first-order valence-corrected chi connectivity index (χ1v) is 10.0. The number of hydrogen-bond acceptors (Lipinski definition) is 6. The lowest BCUT2D eigenvalue weighted by atomic mass is 10.0. The Morgan fingerprint density at radius 1 is 1.14 bits per heavy atom. The third-order valence-corrected chi connectivity index (χ3v) is 4.99. The zero-order valence-corrected chi connectivity index (χ0v) is 17.7. The van der Waals surface area contributed by atoms with E-state index in [0.29, 0.717) is 22.3 Å². The highest BCUT2D eigenvalue weighted by Crippen LogP contribution is 2.26. The molecule has 0 saturated heterocycles. The molecule has 2 aromatic rings. The molecular weight excluding hydrogens is 394 g/mol. The van der Waals surface area contributed by atoms with Crippen LogP contribution in [0.5, 0.6) is 5.75 Å². The van der Waals surface area contributed by atoms with E-state index in [1.165, 1.54) is 32.2 Å². The van der Waals surface area contributed by atoms with Crippen molar-refractivity contribution in [3.8, 4) is 5.75 Å². The highest BCUT2D eigenvalue weighted by molar-refractivity contribution is 8.22. The van der Waals surface area contributed by atoms with Crippen LogP contribution in [0.4, 0.5) is 5.69 Å². The number of thioether (sulfide) groups is 1. The lowest BCUT2D eigenvalue weighted by Gasteiger charge is -2.12. The summed E-state index contributed by atoms with van der Waals surface area (Å²) in [5, 5.41) is 3.20. The predicted octanol–water partition coefficient (Wildman–Crippen LogP) is 4.88. The van der Waals surface area contributed by atoms with Crippen molar-refractivity contribution < 1.29 is 19.0 Å². The third-order valence-electron chi connectivity index (χ3n) is 3.72. The van der Waals surface area contributed by atoms with E-state index in [2.05, 4.69) is 5.32 Å². The fourth-order valence-electron chi connectivity index (χ4n) is 2.46. The monoisotopic (exact) mass is 417 g/mol. The van der Waals surface area contributed by atoms with Crippen LogP contribution in [0, 0.1) is 0 Å². The van der Waals surface area contributed by atoms with Crippen LogP contribution in [0.15, 0.2) is 54.8 Å². The van der Waals surface area contributed by atoms with Crippen LogP contribution in [0.1, 0.15) is 18.1 Å². The van der Waals surface area contributed by atoms with E-state index >= 15 is 0 Å². The summed E-state index contributed by atoms with van der Waals surface area (Å²) in [5.41, 5.74) is 2.97. The van der Waals surface area contributed by atoms with E-state index in [1.54, 1.807) is 0 Å². The maximum Gasteiger partial charge on any atom is 0.341 e. The normalized spacial score (nSPS) is 10.9. The number of ether oxygens (including phenoxy) is 3. The molecular formula is C21H23NO4S2. The molecule has 28 heavy (non-hydrogen) atoms. The standard InChI is InChI=1S/C21H23NO4S2/c1-4-26-17-11-9-16(10-12-17)22-21(27)28-14-15-7-5-6-8-18(15)19(13-24-2)20(23)25-3/h5-13H,4,14H2,1-3H3,(H,22,27). The van der Waals surface area contributed by atoms with E-state index in [4.69, 9.17) is 26.4 Å². The van der Waals surface area contributed by atoms with Crippen molar-refractivity contribution in [1.29, 1.82) is 0 Å². The van der Waals surface area contributed by atoms with Gasteiger partial charge in [0.15, 0.2) is 0 Å². The molecule has 2 aromatic carbocycles. The van der Waals surface area contributed by atoms with Gasteiger partial charge in [0, 0.05) is 11.4 Å². The van der Waals surface area contributed by atoms with Gasteiger partial charge in [-0.25, -0.2) is 4.79 Å². The number of thiocarbonyl (C=S) groups is 1. The number of benzene rings is 2. The molecule has 0 heterocycles. The largest absolute Gasteiger partial charge is 0.503 e. The minimum Gasteiger partial charge on any atom is -0.503 e. The number of nitrogens with one attached hydrogen (secondary N) is 1. The van der Waals surface area contributed by atoms with Crippen molar-refractivity contribution in [3.63, 3.8) is 0 Å². The quantitative estimate of drug-likeness (QED) is 0.284. The van der Waals surface area contributed by atoms with Crippen LogP contribution >= 0.6 is 24.0 Å². The van der Waals surface area contributed by atoms with Gasteiger partial charge in [0.25, 0.3) is 0 Å². The molecule has 0 aliphatic carbocycles. The number of rotatable bonds is 8. The first-order chi connectivity index (χ1) is 13.6. The first-order valence-electron chi connectivity index (χ1n) is 8.65. The van der Waals surface area contributed by atoms with Crippen molar-refractivity contribution in [2.45, 2.75) is 12.7 Å². The highest BCUT2D eigenvalue weighted by Gasteiger charge is 2.16. The van der Waals surface area contributed by atoms with E-state index in [9.17, 15) is 4.79 Å². The summed E-state index contributed by atoms with van der Waals surface area (Å²) in [6.07, 6.45) is 1.39. The maximum absolute atomic E-state index is 12.1. The van der Waals surface area contributed by atoms with Crippen LogP contribution in [-0.4, -0.2) is 31.1 Å². The molecule has 0 saturated carbocycles. The molecule has 1 N–H and O–H groups in total. The summed E-state index contributed by atoms with van der Waals surface area (Å²) in [6, 6.07) is 15.2. The van der Waals surface area contributed by atoms with Gasteiger partial charge in [-0.15, -0.1) is 0 Å². The molecule has 0 spiro atoms. The molecule has 5 nitrogen and oxygen atoms in total. The smallest absolute Gasteiger partial charge is 0.341 e. The van der Waals surface area contributed by atoms with Gasteiger partial charge in [-0.3, -0.25) is 0 Å². The number of hydrogen-bond donors (Lipinski definition) is 1. The van der Waals surface area contributed by atoms with Gasteiger partial charge in [0.1, 0.15) is 15.6 Å². The zero-order chi connectivity index (χ0) is 20.4. The van der Waals surface area contributed by atoms with Crippen LogP contribution in [0.2, 0.25) is 0 Å². The predicted molar refractivity (Wildman–Crippen MR) is 119 cm³/mol. The van der Waals surface area contributed by atoms with Gasteiger partial charge in [-0.1, -0.05) is 48.2 Å². The Kier molecular flexibility index (Phi) is 8.84.